The fourth-order valence-corrected chi connectivity index (χ4v) is 3.23. The minimum Gasteiger partial charge on any atom is -0.365 e. The molecule has 0 aliphatic heterocycles. The number of rotatable bonds is 4. The number of imidazole rings is 1. The molecular formula is C17H17FN6O. The van der Waals surface area contributed by atoms with Crippen molar-refractivity contribution in [1.29, 1.82) is 0 Å². The molecule has 0 amide bonds. The molecule has 0 spiro atoms. The van der Waals surface area contributed by atoms with Crippen LogP contribution >= 0.6 is 0 Å². The summed E-state index contributed by atoms with van der Waals surface area (Å²) in [5, 5.41) is 6.33. The average molecular weight is 340 g/mol. The van der Waals surface area contributed by atoms with Crippen molar-refractivity contribution in [1.82, 2.24) is 19.4 Å². The summed E-state index contributed by atoms with van der Waals surface area (Å²) >= 11 is 0. The Hall–Kier alpha value is -2.90. The highest BCUT2D eigenvalue weighted by Crippen LogP contribution is 2.29. The Morgan fingerprint density at radius 2 is 2.00 bits per heavy atom. The van der Waals surface area contributed by atoms with Crippen molar-refractivity contribution in [2.24, 2.45) is 5.18 Å². The summed E-state index contributed by atoms with van der Waals surface area (Å²) in [7, 11) is 0. The van der Waals surface area contributed by atoms with Crippen molar-refractivity contribution >= 4 is 17.2 Å². The molecule has 0 atom stereocenters. The van der Waals surface area contributed by atoms with Gasteiger partial charge in [0.15, 0.2) is 17.3 Å². The van der Waals surface area contributed by atoms with Gasteiger partial charge in [0.1, 0.15) is 17.2 Å². The first-order valence-electron chi connectivity index (χ1n) is 8.34. The lowest BCUT2D eigenvalue weighted by Gasteiger charge is -2.23. The van der Waals surface area contributed by atoms with Crippen molar-refractivity contribution < 1.29 is 4.39 Å². The van der Waals surface area contributed by atoms with Crippen LogP contribution in [0.4, 0.5) is 15.9 Å². The molecule has 3 aromatic heterocycles. The fraction of sp³-hybridized carbons (Fsp3) is 0.353. The fourth-order valence-electron chi connectivity index (χ4n) is 3.23. The van der Waals surface area contributed by atoms with Gasteiger partial charge >= 0.3 is 0 Å². The van der Waals surface area contributed by atoms with E-state index in [0.29, 0.717) is 23.0 Å². The summed E-state index contributed by atoms with van der Waals surface area (Å²) in [5.41, 5.74) is 1.33. The molecule has 1 N–H and O–H groups in total. The van der Waals surface area contributed by atoms with Gasteiger partial charge in [-0.05, 0) is 30.2 Å². The number of nitrogens with one attached hydrogen (secondary N) is 1. The third-order valence-electron chi connectivity index (χ3n) is 4.51. The molecule has 25 heavy (non-hydrogen) atoms. The second-order valence-electron chi connectivity index (χ2n) is 6.22. The SMILES string of the molecule is O=Nc1cnc(-c2cnc3ccc(F)cn23)nc1NC1CCCCC1. The molecule has 1 fully saturated rings. The lowest BCUT2D eigenvalue weighted by Crippen LogP contribution is -2.23. The zero-order valence-corrected chi connectivity index (χ0v) is 13.5. The Bertz CT molecular complexity index is 919. The molecule has 3 aromatic rings. The van der Waals surface area contributed by atoms with Gasteiger partial charge in [-0.25, -0.2) is 19.3 Å². The van der Waals surface area contributed by atoms with Crippen LogP contribution in [0.15, 0.2) is 35.9 Å². The number of pyridine rings is 1. The number of fused-ring (bicyclic) bond motifs is 1. The molecule has 1 aliphatic rings. The molecule has 0 saturated heterocycles. The number of nitrogens with zero attached hydrogens (tertiary/aromatic N) is 5. The van der Waals surface area contributed by atoms with Gasteiger partial charge in [0.2, 0.25) is 0 Å². The van der Waals surface area contributed by atoms with Crippen molar-refractivity contribution in [3.63, 3.8) is 0 Å². The van der Waals surface area contributed by atoms with E-state index >= 15 is 0 Å². The van der Waals surface area contributed by atoms with E-state index in [0.717, 1.165) is 25.7 Å². The van der Waals surface area contributed by atoms with Crippen LogP contribution in [0, 0.1) is 10.7 Å². The lowest BCUT2D eigenvalue weighted by molar-refractivity contribution is 0.462. The van der Waals surface area contributed by atoms with E-state index < -0.39 is 0 Å². The largest absolute Gasteiger partial charge is 0.365 e. The predicted molar refractivity (Wildman–Crippen MR) is 92.1 cm³/mol. The zero-order chi connectivity index (χ0) is 17.2. The smallest absolute Gasteiger partial charge is 0.180 e. The summed E-state index contributed by atoms with van der Waals surface area (Å²) in [4.78, 5) is 24.0. The van der Waals surface area contributed by atoms with Crippen LogP contribution in [-0.2, 0) is 0 Å². The molecule has 3 heterocycles. The van der Waals surface area contributed by atoms with Gasteiger partial charge in [0, 0.05) is 12.2 Å². The highest BCUT2D eigenvalue weighted by Gasteiger charge is 2.18. The van der Waals surface area contributed by atoms with Crippen LogP contribution in [0.5, 0.6) is 0 Å². The second kappa shape index (κ2) is 6.54. The third kappa shape index (κ3) is 3.07. The highest BCUT2D eigenvalue weighted by molar-refractivity contribution is 5.65. The van der Waals surface area contributed by atoms with Crippen LogP contribution in [-0.4, -0.2) is 25.4 Å². The van der Waals surface area contributed by atoms with E-state index in [1.165, 1.54) is 24.9 Å². The highest BCUT2D eigenvalue weighted by atomic mass is 19.1. The standard InChI is InChI=1S/C17H17FN6O/c18-11-6-7-15-19-9-14(24(15)10-11)17-20-8-13(23-25)16(22-17)21-12-4-2-1-3-5-12/h6-10,12H,1-5H2,(H,20,21,22). The molecule has 0 unspecified atom stereocenters. The first-order chi connectivity index (χ1) is 12.2. The van der Waals surface area contributed by atoms with Gasteiger partial charge < -0.3 is 5.32 Å². The topological polar surface area (TPSA) is 84.5 Å². The van der Waals surface area contributed by atoms with E-state index in [9.17, 15) is 9.30 Å². The number of hydrogen-bond acceptors (Lipinski definition) is 6. The number of halogens is 1. The molecule has 0 aromatic carbocycles. The van der Waals surface area contributed by atoms with Gasteiger partial charge in [-0.15, -0.1) is 4.91 Å². The minimum absolute atomic E-state index is 0.175. The van der Waals surface area contributed by atoms with Gasteiger partial charge in [-0.3, -0.25) is 4.40 Å². The average Bonchev–Trinajstić information content (AvgIpc) is 3.05. The lowest BCUT2D eigenvalue weighted by atomic mass is 9.95. The summed E-state index contributed by atoms with van der Waals surface area (Å²) < 4.78 is 15.1. The van der Waals surface area contributed by atoms with Gasteiger partial charge in [-0.1, -0.05) is 19.3 Å². The minimum atomic E-state index is -0.376. The maximum atomic E-state index is 13.6. The van der Waals surface area contributed by atoms with E-state index in [2.05, 4.69) is 25.4 Å². The van der Waals surface area contributed by atoms with Gasteiger partial charge in [0.25, 0.3) is 0 Å². The quantitative estimate of drug-likeness (QED) is 0.724. The summed E-state index contributed by atoms with van der Waals surface area (Å²) in [6, 6.07) is 3.21. The Morgan fingerprint density at radius 1 is 1.16 bits per heavy atom. The molecule has 7 nitrogen and oxygen atoms in total. The molecule has 1 aliphatic carbocycles. The van der Waals surface area contributed by atoms with E-state index in [1.54, 1.807) is 16.7 Å². The summed E-state index contributed by atoms with van der Waals surface area (Å²) in [5.74, 6) is 0.403. The molecule has 4 rings (SSSR count). The number of nitroso groups, excluding NO2 is 1. The molecular weight excluding hydrogens is 323 g/mol. The second-order valence-corrected chi connectivity index (χ2v) is 6.22. The van der Waals surface area contributed by atoms with Crippen LogP contribution in [0.25, 0.3) is 17.2 Å². The summed E-state index contributed by atoms with van der Waals surface area (Å²) in [6.07, 6.45) is 9.94. The monoisotopic (exact) mass is 340 g/mol. The van der Waals surface area contributed by atoms with Crippen molar-refractivity contribution in [2.75, 3.05) is 5.32 Å². The molecule has 8 heteroatoms. The number of anilines is 1. The third-order valence-corrected chi connectivity index (χ3v) is 4.51. The number of hydrogen-bond donors (Lipinski definition) is 1. The summed E-state index contributed by atoms with van der Waals surface area (Å²) in [6.45, 7) is 0. The van der Waals surface area contributed by atoms with E-state index in [1.807, 2.05) is 0 Å². The van der Waals surface area contributed by atoms with Gasteiger partial charge in [-0.2, -0.15) is 0 Å². The number of aromatic nitrogens is 4. The zero-order valence-electron chi connectivity index (χ0n) is 13.5. The van der Waals surface area contributed by atoms with Crippen molar-refractivity contribution in [3.05, 3.63) is 41.4 Å². The first-order valence-corrected chi connectivity index (χ1v) is 8.34. The maximum absolute atomic E-state index is 13.6. The molecule has 1 saturated carbocycles. The van der Waals surface area contributed by atoms with E-state index in [4.69, 9.17) is 0 Å². The Morgan fingerprint density at radius 3 is 2.80 bits per heavy atom. The van der Waals surface area contributed by atoms with Crippen LogP contribution in [0.1, 0.15) is 32.1 Å². The van der Waals surface area contributed by atoms with Crippen LogP contribution in [0.3, 0.4) is 0 Å². The molecule has 0 radical (unpaired) electrons. The van der Waals surface area contributed by atoms with Crippen molar-refractivity contribution in [2.45, 2.75) is 38.1 Å². The Labute approximate surface area is 143 Å². The predicted octanol–water partition coefficient (Wildman–Crippen LogP) is 4.07. The maximum Gasteiger partial charge on any atom is 0.180 e. The van der Waals surface area contributed by atoms with E-state index in [-0.39, 0.29) is 17.5 Å². The van der Waals surface area contributed by atoms with Crippen LogP contribution < -0.4 is 5.32 Å². The van der Waals surface area contributed by atoms with Gasteiger partial charge in [0.05, 0.1) is 12.4 Å². The van der Waals surface area contributed by atoms with Crippen molar-refractivity contribution in [3.8, 4) is 11.5 Å². The Balaban J connectivity index is 1.73. The molecule has 128 valence electrons. The van der Waals surface area contributed by atoms with Crippen LogP contribution in [0.2, 0.25) is 0 Å². The Kier molecular flexibility index (Phi) is 4.09. The normalized spacial score (nSPS) is 15.4. The molecule has 0 bridgehead atoms. The first kappa shape index (κ1) is 15.6.